The highest BCUT2D eigenvalue weighted by atomic mass is 32.1. The molecule has 2 aromatic rings. The van der Waals surface area contributed by atoms with Gasteiger partial charge >= 0.3 is 6.18 Å². The number of nitrogens with zero attached hydrogens (tertiary/aromatic N) is 2. The van der Waals surface area contributed by atoms with Crippen LogP contribution in [0.4, 0.5) is 13.2 Å². The predicted octanol–water partition coefficient (Wildman–Crippen LogP) is 4.64. The second-order valence-electron chi connectivity index (χ2n) is 6.73. The third-order valence-corrected chi connectivity index (χ3v) is 5.73. The van der Waals surface area contributed by atoms with E-state index in [0.29, 0.717) is 21.7 Å². The summed E-state index contributed by atoms with van der Waals surface area (Å²) in [6, 6.07) is 1.94. The lowest BCUT2D eigenvalue weighted by Crippen LogP contribution is -2.27. The van der Waals surface area contributed by atoms with Crippen LogP contribution >= 0.6 is 11.3 Å². The van der Waals surface area contributed by atoms with Crippen molar-refractivity contribution in [2.75, 3.05) is 0 Å². The Morgan fingerprint density at radius 1 is 1.25 bits per heavy atom. The Balaban J connectivity index is 1.63. The van der Waals surface area contributed by atoms with Crippen LogP contribution in [-0.2, 0) is 12.8 Å². The van der Waals surface area contributed by atoms with Gasteiger partial charge in [-0.2, -0.15) is 13.2 Å². The van der Waals surface area contributed by atoms with Gasteiger partial charge in [-0.15, -0.1) is 11.3 Å². The van der Waals surface area contributed by atoms with Crippen LogP contribution in [0.3, 0.4) is 0 Å². The van der Waals surface area contributed by atoms with Crippen LogP contribution in [0.2, 0.25) is 0 Å². The molecule has 2 heterocycles. The van der Waals surface area contributed by atoms with E-state index in [1.807, 2.05) is 0 Å². The highest BCUT2D eigenvalue weighted by molar-refractivity contribution is 7.18. The zero-order valence-electron chi connectivity index (χ0n) is 13.5. The largest absolute Gasteiger partial charge is 0.393 e. The molecule has 1 fully saturated rings. The summed E-state index contributed by atoms with van der Waals surface area (Å²) in [5.41, 5.74) is 6.89. The maximum absolute atomic E-state index is 12.6. The summed E-state index contributed by atoms with van der Waals surface area (Å²) >= 11 is 1.11. The van der Waals surface area contributed by atoms with Crippen LogP contribution in [0.5, 0.6) is 0 Å². The van der Waals surface area contributed by atoms with Crippen LogP contribution in [0, 0.1) is 5.92 Å². The minimum atomic E-state index is -4.19. The molecule has 24 heavy (non-hydrogen) atoms. The molecular formula is C17H22F3N3S. The van der Waals surface area contributed by atoms with Crippen LogP contribution in [0.15, 0.2) is 12.4 Å². The Morgan fingerprint density at radius 2 is 2.08 bits per heavy atom. The van der Waals surface area contributed by atoms with Gasteiger partial charge in [-0.05, 0) is 37.7 Å². The molecule has 132 valence electrons. The van der Waals surface area contributed by atoms with Gasteiger partial charge in [-0.1, -0.05) is 19.3 Å². The average Bonchev–Trinajstić information content (AvgIpc) is 2.88. The van der Waals surface area contributed by atoms with Gasteiger partial charge in [-0.25, -0.2) is 9.97 Å². The fourth-order valence-electron chi connectivity index (χ4n) is 3.59. The van der Waals surface area contributed by atoms with Crippen molar-refractivity contribution in [3.63, 3.8) is 0 Å². The maximum Gasteiger partial charge on any atom is 0.393 e. The van der Waals surface area contributed by atoms with Crippen LogP contribution < -0.4 is 5.73 Å². The summed E-state index contributed by atoms with van der Waals surface area (Å²) in [5, 5.41) is 0.780. The number of halogens is 3. The van der Waals surface area contributed by atoms with Gasteiger partial charge in [0.2, 0.25) is 0 Å². The summed E-state index contributed by atoms with van der Waals surface area (Å²) in [6.45, 7) is 0. The normalized spacial score (nSPS) is 22.2. The highest BCUT2D eigenvalue weighted by Gasteiger charge is 2.29. The Morgan fingerprint density at radius 3 is 2.83 bits per heavy atom. The summed E-state index contributed by atoms with van der Waals surface area (Å²) < 4.78 is 37.7. The fraction of sp³-hybridized carbons (Fsp3) is 0.647. The molecule has 1 aliphatic rings. The number of aryl methyl sites for hydroxylation is 1. The van der Waals surface area contributed by atoms with E-state index in [0.717, 1.165) is 54.5 Å². The fourth-order valence-corrected chi connectivity index (χ4v) is 4.64. The quantitative estimate of drug-likeness (QED) is 0.848. The second kappa shape index (κ2) is 7.35. The van der Waals surface area contributed by atoms with Crippen molar-refractivity contribution in [2.24, 2.45) is 11.7 Å². The summed E-state index contributed by atoms with van der Waals surface area (Å²) in [7, 11) is 0. The van der Waals surface area contributed by atoms with Gasteiger partial charge in [0, 0.05) is 16.3 Å². The summed E-state index contributed by atoms with van der Waals surface area (Å²) in [4.78, 5) is 9.38. The van der Waals surface area contributed by atoms with E-state index in [1.165, 1.54) is 19.2 Å². The third-order valence-electron chi connectivity index (χ3n) is 4.69. The van der Waals surface area contributed by atoms with Gasteiger partial charge in [0.05, 0.1) is 12.1 Å². The minimum Gasteiger partial charge on any atom is -0.328 e. The molecule has 0 radical (unpaired) electrons. The zero-order chi connectivity index (χ0) is 17.2. The van der Waals surface area contributed by atoms with E-state index >= 15 is 0 Å². The molecular weight excluding hydrogens is 335 g/mol. The molecule has 0 spiro atoms. The van der Waals surface area contributed by atoms with Crippen molar-refractivity contribution in [3.05, 3.63) is 23.0 Å². The van der Waals surface area contributed by atoms with Crippen molar-refractivity contribution in [2.45, 2.75) is 63.6 Å². The molecule has 0 aliphatic heterocycles. The number of alkyl halides is 3. The van der Waals surface area contributed by atoms with Crippen molar-refractivity contribution in [3.8, 4) is 0 Å². The Hall–Kier alpha value is -1.21. The molecule has 2 N–H and O–H groups in total. The Bertz CT molecular complexity index is 683. The molecule has 3 nitrogen and oxygen atoms in total. The number of rotatable bonds is 5. The van der Waals surface area contributed by atoms with Crippen LogP contribution in [0.1, 0.15) is 49.1 Å². The van der Waals surface area contributed by atoms with Gasteiger partial charge in [0.1, 0.15) is 11.2 Å². The second-order valence-corrected chi connectivity index (χ2v) is 7.84. The highest BCUT2D eigenvalue weighted by Crippen LogP contribution is 2.32. The lowest BCUT2D eigenvalue weighted by Gasteiger charge is -2.26. The Kier molecular flexibility index (Phi) is 5.39. The van der Waals surface area contributed by atoms with E-state index in [4.69, 9.17) is 5.73 Å². The lowest BCUT2D eigenvalue weighted by atomic mass is 9.83. The molecule has 2 atom stereocenters. The summed E-state index contributed by atoms with van der Waals surface area (Å²) in [6.07, 6.45) is 3.92. The Labute approximate surface area is 143 Å². The maximum atomic E-state index is 12.6. The molecule has 2 aromatic heterocycles. The van der Waals surface area contributed by atoms with Crippen molar-refractivity contribution in [1.82, 2.24) is 9.97 Å². The van der Waals surface area contributed by atoms with Crippen LogP contribution in [-0.4, -0.2) is 22.2 Å². The number of aromatic nitrogens is 2. The number of thiophene rings is 1. The summed E-state index contributed by atoms with van der Waals surface area (Å²) in [5.74, 6) is 0.675. The van der Waals surface area contributed by atoms with Gasteiger partial charge in [0.15, 0.2) is 0 Å². The van der Waals surface area contributed by atoms with Crippen molar-refractivity contribution in [1.29, 1.82) is 0 Å². The van der Waals surface area contributed by atoms with E-state index in [1.54, 1.807) is 6.07 Å². The smallest absolute Gasteiger partial charge is 0.328 e. The molecule has 1 saturated carbocycles. The third kappa shape index (κ3) is 4.66. The van der Waals surface area contributed by atoms with Crippen molar-refractivity contribution >= 4 is 21.6 Å². The monoisotopic (exact) mass is 357 g/mol. The van der Waals surface area contributed by atoms with Gasteiger partial charge in [0.25, 0.3) is 0 Å². The van der Waals surface area contributed by atoms with Gasteiger partial charge < -0.3 is 5.73 Å². The molecule has 1 aliphatic carbocycles. The van der Waals surface area contributed by atoms with E-state index in [2.05, 4.69) is 9.97 Å². The first kappa shape index (κ1) is 17.6. The van der Waals surface area contributed by atoms with Crippen molar-refractivity contribution < 1.29 is 13.2 Å². The van der Waals surface area contributed by atoms with Gasteiger partial charge in [-0.3, -0.25) is 0 Å². The number of fused-ring (bicyclic) bond motifs is 1. The van der Waals surface area contributed by atoms with E-state index in [-0.39, 0.29) is 0 Å². The SMILES string of the molecule is N[C@H]1CCC[C@@H](CCCc2ncnc3sc(CC(F)(F)F)cc23)C1. The predicted molar refractivity (Wildman–Crippen MR) is 90.0 cm³/mol. The number of hydrogen-bond donors (Lipinski definition) is 1. The zero-order valence-corrected chi connectivity index (χ0v) is 14.3. The topological polar surface area (TPSA) is 51.8 Å². The van der Waals surface area contributed by atoms with Crippen LogP contribution in [0.25, 0.3) is 10.2 Å². The molecule has 3 rings (SSSR count). The lowest BCUT2D eigenvalue weighted by molar-refractivity contribution is -0.126. The average molecular weight is 357 g/mol. The molecule has 0 aromatic carbocycles. The molecule has 0 amide bonds. The number of nitrogens with two attached hydrogens (primary N) is 1. The number of hydrogen-bond acceptors (Lipinski definition) is 4. The molecule has 0 unspecified atom stereocenters. The molecule has 0 saturated heterocycles. The first-order valence-corrected chi connectivity index (χ1v) is 9.27. The minimum absolute atomic E-state index is 0.303. The van der Waals surface area contributed by atoms with E-state index < -0.39 is 12.6 Å². The first-order valence-electron chi connectivity index (χ1n) is 8.45. The molecule has 7 heteroatoms. The van der Waals surface area contributed by atoms with E-state index in [9.17, 15) is 13.2 Å². The molecule has 0 bridgehead atoms. The first-order chi connectivity index (χ1) is 11.4. The standard InChI is InChI=1S/C17H22F3N3S/c18-17(19,20)9-13-8-14-15(22-10-23-16(14)24-13)6-2-4-11-3-1-5-12(21)7-11/h8,10-12H,1-7,9,21H2/t11-,12-/m0/s1.